The predicted molar refractivity (Wildman–Crippen MR) is 93.9 cm³/mol. The summed E-state index contributed by atoms with van der Waals surface area (Å²) in [7, 11) is 0. The van der Waals surface area contributed by atoms with Crippen molar-refractivity contribution in [3.8, 4) is 5.75 Å². The maximum Gasteiger partial charge on any atom is 0.573 e. The Balaban J connectivity index is 0.00000288. The summed E-state index contributed by atoms with van der Waals surface area (Å²) in [5.41, 5.74) is 5.93. The molecule has 2 rings (SSSR count). The Hall–Kier alpha value is -2.04. The second kappa shape index (κ2) is 8.71. The van der Waals surface area contributed by atoms with E-state index in [2.05, 4.69) is 15.0 Å². The Morgan fingerprint density at radius 2 is 1.71 bits per heavy atom. The van der Waals surface area contributed by atoms with Gasteiger partial charge in [-0.05, 0) is 18.2 Å². The molecule has 130 valence electrons. The molecule has 9 heteroatoms. The van der Waals surface area contributed by atoms with E-state index < -0.39 is 17.9 Å². The quantitative estimate of drug-likeness (QED) is 0.314. The molecule has 0 aliphatic carbocycles. The van der Waals surface area contributed by atoms with Crippen molar-refractivity contribution in [1.29, 1.82) is 0 Å². The van der Waals surface area contributed by atoms with Crippen LogP contribution >= 0.6 is 24.0 Å². The number of anilines is 1. The molecule has 0 saturated carbocycles. The highest BCUT2D eigenvalue weighted by molar-refractivity contribution is 14.0. The smallest absolute Gasteiger partial charge is 0.404 e. The molecule has 0 heterocycles. The Morgan fingerprint density at radius 1 is 1.08 bits per heavy atom. The van der Waals surface area contributed by atoms with Gasteiger partial charge in [0.2, 0.25) is 0 Å². The summed E-state index contributed by atoms with van der Waals surface area (Å²) in [6.07, 6.45) is -4.82. The number of guanidine groups is 1. The first-order valence-electron chi connectivity index (χ1n) is 6.50. The number of para-hydroxylation sites is 2. The summed E-state index contributed by atoms with van der Waals surface area (Å²) < 4.78 is 54.3. The molecule has 2 aromatic rings. The molecule has 0 aliphatic rings. The lowest BCUT2D eigenvalue weighted by Crippen LogP contribution is -2.24. The number of nitrogens with zero attached hydrogens (tertiary/aromatic N) is 1. The number of hydrogen-bond acceptors (Lipinski definition) is 2. The third-order valence-corrected chi connectivity index (χ3v) is 2.75. The fourth-order valence-electron chi connectivity index (χ4n) is 1.76. The third-order valence-electron chi connectivity index (χ3n) is 2.75. The van der Waals surface area contributed by atoms with E-state index >= 15 is 0 Å². The molecule has 0 spiro atoms. The molecule has 24 heavy (non-hydrogen) atoms. The highest BCUT2D eigenvalue weighted by Crippen LogP contribution is 2.29. The second-order valence-corrected chi connectivity index (χ2v) is 4.46. The molecule has 3 N–H and O–H groups in total. The van der Waals surface area contributed by atoms with Gasteiger partial charge in [0.1, 0.15) is 5.82 Å². The van der Waals surface area contributed by atoms with Gasteiger partial charge in [0.25, 0.3) is 0 Å². The van der Waals surface area contributed by atoms with Crippen molar-refractivity contribution in [1.82, 2.24) is 0 Å². The topological polar surface area (TPSA) is 59.6 Å². The third kappa shape index (κ3) is 6.22. The lowest BCUT2D eigenvalue weighted by molar-refractivity contribution is -0.274. The summed E-state index contributed by atoms with van der Waals surface area (Å²) >= 11 is 0. The molecule has 0 fully saturated rings. The van der Waals surface area contributed by atoms with Crippen LogP contribution < -0.4 is 15.8 Å². The molecular weight excluding hydrogens is 441 g/mol. The number of hydrogen-bond donors (Lipinski definition) is 2. The van der Waals surface area contributed by atoms with Crippen LogP contribution in [0, 0.1) is 5.82 Å². The Labute approximate surface area is 152 Å². The van der Waals surface area contributed by atoms with Gasteiger partial charge in [-0.1, -0.05) is 30.3 Å². The number of rotatable bonds is 4. The van der Waals surface area contributed by atoms with Crippen molar-refractivity contribution < 1.29 is 22.3 Å². The molecular formula is C15H14F4IN3O. The van der Waals surface area contributed by atoms with E-state index in [1.54, 1.807) is 6.07 Å². The van der Waals surface area contributed by atoms with Crippen molar-refractivity contribution in [2.24, 2.45) is 10.7 Å². The van der Waals surface area contributed by atoms with E-state index in [1.807, 2.05) is 0 Å². The lowest BCUT2D eigenvalue weighted by atomic mass is 10.2. The number of ether oxygens (including phenoxy) is 1. The van der Waals surface area contributed by atoms with E-state index in [-0.39, 0.29) is 42.2 Å². The van der Waals surface area contributed by atoms with E-state index in [9.17, 15) is 17.6 Å². The monoisotopic (exact) mass is 455 g/mol. The van der Waals surface area contributed by atoms with Crippen LogP contribution in [0.1, 0.15) is 5.56 Å². The number of nitrogens with one attached hydrogen (secondary N) is 1. The first-order chi connectivity index (χ1) is 10.8. The number of benzene rings is 2. The van der Waals surface area contributed by atoms with E-state index in [0.29, 0.717) is 5.56 Å². The molecule has 0 atom stereocenters. The maximum atomic E-state index is 13.4. The number of aliphatic imine (C=N–C) groups is 1. The van der Waals surface area contributed by atoms with Gasteiger partial charge in [-0.3, -0.25) is 0 Å². The van der Waals surface area contributed by atoms with Crippen LogP contribution in [0.2, 0.25) is 0 Å². The van der Waals surface area contributed by atoms with Crippen molar-refractivity contribution in [3.05, 3.63) is 59.9 Å². The van der Waals surface area contributed by atoms with Crippen LogP contribution in [0.5, 0.6) is 5.75 Å². The van der Waals surface area contributed by atoms with Gasteiger partial charge in [0.15, 0.2) is 11.7 Å². The number of alkyl halides is 3. The second-order valence-electron chi connectivity index (χ2n) is 4.46. The number of nitrogens with two attached hydrogens (primary N) is 1. The van der Waals surface area contributed by atoms with Gasteiger partial charge < -0.3 is 15.8 Å². The van der Waals surface area contributed by atoms with Crippen LogP contribution in [-0.2, 0) is 6.54 Å². The van der Waals surface area contributed by atoms with Crippen LogP contribution in [0.3, 0.4) is 0 Å². The first kappa shape index (κ1) is 20.0. The molecule has 2 aromatic carbocycles. The van der Waals surface area contributed by atoms with E-state index in [1.165, 1.54) is 36.4 Å². The Kier molecular flexibility index (Phi) is 7.26. The first-order valence-corrected chi connectivity index (χ1v) is 6.50. The zero-order valence-electron chi connectivity index (χ0n) is 12.2. The fraction of sp³-hybridized carbons (Fsp3) is 0.133. The van der Waals surface area contributed by atoms with E-state index in [4.69, 9.17) is 5.73 Å². The van der Waals surface area contributed by atoms with Crippen LogP contribution in [0.4, 0.5) is 23.2 Å². The molecule has 0 saturated heterocycles. The van der Waals surface area contributed by atoms with E-state index in [0.717, 1.165) is 6.07 Å². The van der Waals surface area contributed by atoms with Gasteiger partial charge in [0, 0.05) is 5.56 Å². The Bertz CT molecular complexity index is 707. The highest BCUT2D eigenvalue weighted by atomic mass is 127. The predicted octanol–water partition coefficient (Wildman–Crippen LogP) is 4.27. The van der Waals surface area contributed by atoms with Crippen LogP contribution in [-0.4, -0.2) is 12.3 Å². The zero-order chi connectivity index (χ0) is 16.9. The maximum absolute atomic E-state index is 13.4. The summed E-state index contributed by atoms with van der Waals surface area (Å²) in [6, 6.07) is 11.4. The number of halogens is 5. The summed E-state index contributed by atoms with van der Waals surface area (Å²) in [5.74, 6) is -1.04. The normalized spacial score (nSPS) is 11.6. The molecule has 0 radical (unpaired) electrons. The van der Waals surface area contributed by atoms with Crippen LogP contribution in [0.25, 0.3) is 0 Å². The highest BCUT2D eigenvalue weighted by Gasteiger charge is 2.32. The molecule has 0 aromatic heterocycles. The van der Waals surface area contributed by atoms with Gasteiger partial charge in [-0.25, -0.2) is 9.38 Å². The van der Waals surface area contributed by atoms with Crippen LogP contribution in [0.15, 0.2) is 53.5 Å². The average molecular weight is 455 g/mol. The standard InChI is InChI=1S/C15H13F4N3O.HI/c16-11-6-2-1-5-10(11)9-21-14(20)22-12-7-3-4-8-13(12)23-15(17,18)19;/h1-8H,9H2,(H3,20,21,22);1H. The molecule has 0 bridgehead atoms. The fourth-order valence-corrected chi connectivity index (χ4v) is 1.76. The average Bonchev–Trinajstić information content (AvgIpc) is 2.47. The SMILES string of the molecule is I.NC(=NCc1ccccc1F)Nc1ccccc1OC(F)(F)F. The molecule has 0 unspecified atom stereocenters. The molecule has 0 amide bonds. The van der Waals surface area contributed by atoms with Crippen molar-refractivity contribution in [2.75, 3.05) is 5.32 Å². The van der Waals surface area contributed by atoms with Crippen molar-refractivity contribution in [3.63, 3.8) is 0 Å². The van der Waals surface area contributed by atoms with Crippen molar-refractivity contribution in [2.45, 2.75) is 12.9 Å². The summed E-state index contributed by atoms with van der Waals surface area (Å²) in [4.78, 5) is 3.89. The zero-order valence-corrected chi connectivity index (χ0v) is 14.5. The van der Waals surface area contributed by atoms with Gasteiger partial charge in [0.05, 0.1) is 12.2 Å². The minimum absolute atomic E-state index is 0. The molecule has 4 nitrogen and oxygen atoms in total. The lowest BCUT2D eigenvalue weighted by Gasteiger charge is -2.14. The van der Waals surface area contributed by atoms with Crippen molar-refractivity contribution >= 4 is 35.6 Å². The minimum Gasteiger partial charge on any atom is -0.404 e. The minimum atomic E-state index is -4.82. The largest absolute Gasteiger partial charge is 0.573 e. The summed E-state index contributed by atoms with van der Waals surface area (Å²) in [6.45, 7) is -0.0478. The van der Waals surface area contributed by atoms with Gasteiger partial charge in [-0.15, -0.1) is 37.1 Å². The molecule has 0 aliphatic heterocycles. The van der Waals surface area contributed by atoms with Gasteiger partial charge in [-0.2, -0.15) is 0 Å². The van der Waals surface area contributed by atoms with Gasteiger partial charge >= 0.3 is 6.36 Å². The Morgan fingerprint density at radius 3 is 2.38 bits per heavy atom. The summed E-state index contributed by atoms with van der Waals surface area (Å²) in [5, 5.41) is 2.50.